The zero-order valence-electron chi connectivity index (χ0n) is 13.8. The molecule has 2 N–H and O–H groups in total. The summed E-state index contributed by atoms with van der Waals surface area (Å²) in [6.07, 6.45) is 9.47. The maximum atomic E-state index is 11.6. The van der Waals surface area contributed by atoms with Gasteiger partial charge in [-0.15, -0.1) is 0 Å². The van der Waals surface area contributed by atoms with Crippen molar-refractivity contribution in [3.05, 3.63) is 52.8 Å². The summed E-state index contributed by atoms with van der Waals surface area (Å²) in [6, 6.07) is 7.66. The van der Waals surface area contributed by atoms with Gasteiger partial charge in [0.15, 0.2) is 0 Å². The molecule has 0 aromatic carbocycles. The van der Waals surface area contributed by atoms with Gasteiger partial charge in [-0.2, -0.15) is 0 Å². The molecule has 0 fully saturated rings. The number of H-pyrrole nitrogens is 1. The van der Waals surface area contributed by atoms with Gasteiger partial charge in [0.1, 0.15) is 5.82 Å². The van der Waals surface area contributed by atoms with Crippen molar-refractivity contribution >= 4 is 29.5 Å². The summed E-state index contributed by atoms with van der Waals surface area (Å²) in [5, 5.41) is 4.97. The van der Waals surface area contributed by atoms with Crippen LogP contribution in [0.3, 0.4) is 0 Å². The smallest absolute Gasteiger partial charge is 0.301 e. The van der Waals surface area contributed by atoms with Gasteiger partial charge in [0.05, 0.1) is 5.69 Å². The molecule has 4 heteroatoms. The number of carbonyl (C=O) groups is 1. The minimum Gasteiger partial charge on any atom is -0.361 e. The molecule has 2 aromatic rings. The molecule has 0 aliphatic heterocycles. The lowest BCUT2D eigenvalue weighted by atomic mass is 9.99. The first-order valence-corrected chi connectivity index (χ1v) is 7.94. The molecule has 1 atom stereocenters. The molecule has 2 aromatic heterocycles. The summed E-state index contributed by atoms with van der Waals surface area (Å²) in [5.74, 6) is 5.59. The molecule has 4 nitrogen and oxygen atoms in total. The minimum atomic E-state index is -0.353. The molecule has 1 unspecified atom stereocenters. The van der Waals surface area contributed by atoms with Crippen LogP contribution in [0.2, 0.25) is 0 Å². The van der Waals surface area contributed by atoms with E-state index in [4.69, 9.17) is 0 Å². The standard InChI is InChI=1S/C20H19N3O/c1-3-5-20(24)23-19-7-4-6-18(22-19)16-12-14(2)8-9-17-15(13-16)10-11-21-17/h4,6-7,9-14,21H,8H2,1-2H3,(H,22,23,24). The van der Waals surface area contributed by atoms with Crippen LogP contribution in [-0.2, 0) is 4.79 Å². The van der Waals surface area contributed by atoms with Crippen LogP contribution < -0.4 is 15.9 Å². The molecule has 1 aliphatic carbocycles. The van der Waals surface area contributed by atoms with Gasteiger partial charge in [0, 0.05) is 11.5 Å². The summed E-state index contributed by atoms with van der Waals surface area (Å²) in [7, 11) is 0. The highest BCUT2D eigenvalue weighted by molar-refractivity contribution is 6.03. The fourth-order valence-electron chi connectivity index (χ4n) is 2.68. The predicted octanol–water partition coefficient (Wildman–Crippen LogP) is 2.06. The molecular weight excluding hydrogens is 298 g/mol. The second-order valence-corrected chi connectivity index (χ2v) is 5.77. The van der Waals surface area contributed by atoms with Crippen LogP contribution in [0, 0.1) is 17.8 Å². The normalized spacial score (nSPS) is 16.1. The number of pyridine rings is 1. The Balaban J connectivity index is 2.01. The molecule has 1 aliphatic rings. The molecule has 2 heterocycles. The van der Waals surface area contributed by atoms with E-state index in [-0.39, 0.29) is 5.91 Å². The molecule has 1 amide bonds. The minimum absolute atomic E-state index is 0.353. The lowest BCUT2D eigenvalue weighted by molar-refractivity contribution is -0.111. The van der Waals surface area contributed by atoms with Crippen LogP contribution in [0.4, 0.5) is 5.82 Å². The van der Waals surface area contributed by atoms with Crippen LogP contribution in [0.15, 0.2) is 36.5 Å². The summed E-state index contributed by atoms with van der Waals surface area (Å²) >= 11 is 0. The number of nitrogens with one attached hydrogen (secondary N) is 2. The van der Waals surface area contributed by atoms with E-state index in [1.54, 1.807) is 13.0 Å². The highest BCUT2D eigenvalue weighted by Crippen LogP contribution is 2.20. The van der Waals surface area contributed by atoms with Crippen molar-refractivity contribution in [3.8, 4) is 11.8 Å². The summed E-state index contributed by atoms with van der Waals surface area (Å²) in [4.78, 5) is 19.5. The number of aromatic nitrogens is 2. The Morgan fingerprint density at radius 2 is 2.25 bits per heavy atom. The largest absolute Gasteiger partial charge is 0.361 e. The van der Waals surface area contributed by atoms with Gasteiger partial charge >= 0.3 is 5.91 Å². The van der Waals surface area contributed by atoms with Crippen molar-refractivity contribution in [1.29, 1.82) is 0 Å². The number of anilines is 1. The molecule has 120 valence electrons. The first-order chi connectivity index (χ1) is 11.7. The zero-order chi connectivity index (χ0) is 16.9. The van der Waals surface area contributed by atoms with Crippen molar-refractivity contribution in [2.75, 3.05) is 5.32 Å². The van der Waals surface area contributed by atoms with Crippen molar-refractivity contribution in [2.24, 2.45) is 5.92 Å². The van der Waals surface area contributed by atoms with Crippen molar-refractivity contribution in [3.63, 3.8) is 0 Å². The van der Waals surface area contributed by atoms with Gasteiger partial charge < -0.3 is 4.98 Å². The predicted molar refractivity (Wildman–Crippen MR) is 97.0 cm³/mol. The molecule has 0 bridgehead atoms. The third kappa shape index (κ3) is 3.64. The molecule has 0 saturated carbocycles. The molecule has 24 heavy (non-hydrogen) atoms. The highest BCUT2D eigenvalue weighted by Gasteiger charge is 2.08. The number of allylic oxidation sites excluding steroid dienone is 2. The van der Waals surface area contributed by atoms with E-state index in [1.807, 2.05) is 18.3 Å². The summed E-state index contributed by atoms with van der Waals surface area (Å²) < 4.78 is 0. The van der Waals surface area contributed by atoms with E-state index in [1.165, 1.54) is 0 Å². The number of nitrogens with zero attached hydrogens (tertiary/aromatic N) is 1. The molecule has 0 saturated heterocycles. The van der Waals surface area contributed by atoms with Crippen LogP contribution in [0.1, 0.15) is 26.0 Å². The number of hydrogen-bond donors (Lipinski definition) is 2. The van der Waals surface area contributed by atoms with E-state index >= 15 is 0 Å². The third-order valence-electron chi connectivity index (χ3n) is 3.81. The first kappa shape index (κ1) is 15.8. The lowest BCUT2D eigenvalue weighted by Crippen LogP contribution is -2.23. The summed E-state index contributed by atoms with van der Waals surface area (Å²) in [6.45, 7) is 3.81. The van der Waals surface area contributed by atoms with Gasteiger partial charge in [-0.3, -0.25) is 10.1 Å². The van der Waals surface area contributed by atoms with Crippen LogP contribution in [0.5, 0.6) is 0 Å². The Hall–Kier alpha value is -3.06. The second-order valence-electron chi connectivity index (χ2n) is 5.77. The van der Waals surface area contributed by atoms with E-state index < -0.39 is 0 Å². The van der Waals surface area contributed by atoms with E-state index in [0.717, 1.165) is 28.3 Å². The van der Waals surface area contributed by atoms with Gasteiger partial charge in [0.25, 0.3) is 0 Å². The van der Waals surface area contributed by atoms with Gasteiger partial charge in [-0.25, -0.2) is 4.98 Å². The van der Waals surface area contributed by atoms with Crippen LogP contribution in [-0.4, -0.2) is 15.9 Å². The molecule has 0 spiro atoms. The maximum Gasteiger partial charge on any atom is 0.301 e. The van der Waals surface area contributed by atoms with E-state index in [2.05, 4.69) is 58.3 Å². The average Bonchev–Trinajstić information content (AvgIpc) is 2.97. The number of amides is 1. The van der Waals surface area contributed by atoms with Gasteiger partial charge in [0.2, 0.25) is 0 Å². The third-order valence-corrected chi connectivity index (χ3v) is 3.81. The fraction of sp³-hybridized carbons (Fsp3) is 0.200. The number of carbonyl (C=O) groups excluding carboxylic acids is 1. The number of fused-ring (bicyclic) bond motifs is 1. The SMILES string of the molecule is CC#CC(=O)Nc1cccc(C2=CC(C)CC=c3[nH]ccc3=C2)n1. The fourth-order valence-corrected chi connectivity index (χ4v) is 2.68. The first-order valence-electron chi connectivity index (χ1n) is 7.94. The maximum absolute atomic E-state index is 11.6. The Bertz CT molecular complexity index is 970. The Kier molecular flexibility index (Phi) is 4.62. The number of hydrogen-bond acceptors (Lipinski definition) is 2. The zero-order valence-corrected chi connectivity index (χ0v) is 13.8. The Labute approximate surface area is 141 Å². The van der Waals surface area contributed by atoms with Crippen LogP contribution in [0.25, 0.3) is 17.7 Å². The van der Waals surface area contributed by atoms with E-state index in [9.17, 15) is 4.79 Å². The van der Waals surface area contributed by atoms with E-state index in [0.29, 0.717) is 11.7 Å². The Morgan fingerprint density at radius 1 is 1.38 bits per heavy atom. The topological polar surface area (TPSA) is 57.8 Å². The number of aromatic amines is 1. The Morgan fingerprint density at radius 3 is 3.08 bits per heavy atom. The average molecular weight is 317 g/mol. The molecule has 0 radical (unpaired) electrons. The van der Waals surface area contributed by atoms with Gasteiger partial charge in [-0.1, -0.05) is 31.1 Å². The van der Waals surface area contributed by atoms with Crippen molar-refractivity contribution < 1.29 is 4.79 Å². The second kappa shape index (κ2) is 7.01. The molecular formula is C20H19N3O. The molecule has 3 rings (SSSR count). The van der Waals surface area contributed by atoms with Crippen LogP contribution >= 0.6 is 0 Å². The summed E-state index contributed by atoms with van der Waals surface area (Å²) in [5.41, 5.74) is 1.88. The quantitative estimate of drug-likeness (QED) is 0.833. The lowest BCUT2D eigenvalue weighted by Gasteiger charge is -2.10. The highest BCUT2D eigenvalue weighted by atomic mass is 16.1. The number of rotatable bonds is 2. The van der Waals surface area contributed by atoms with Crippen molar-refractivity contribution in [1.82, 2.24) is 9.97 Å². The van der Waals surface area contributed by atoms with Gasteiger partial charge in [-0.05, 0) is 60.2 Å². The monoisotopic (exact) mass is 317 g/mol. The van der Waals surface area contributed by atoms with Crippen molar-refractivity contribution in [2.45, 2.75) is 20.3 Å².